The predicted octanol–water partition coefficient (Wildman–Crippen LogP) is 3.21. The minimum absolute atomic E-state index is 0.150. The normalized spacial score (nSPS) is 13.8. The average Bonchev–Trinajstić information content (AvgIpc) is 2.15. The summed E-state index contributed by atoms with van der Waals surface area (Å²) in [5.74, 6) is -1.29. The van der Waals surface area contributed by atoms with Crippen LogP contribution in [0.15, 0.2) is 24.3 Å². The second-order valence-electron chi connectivity index (χ2n) is 3.65. The Labute approximate surface area is 91.3 Å². The van der Waals surface area contributed by atoms with Crippen LogP contribution >= 0.6 is 0 Å². The van der Waals surface area contributed by atoms with Crippen LogP contribution in [0.4, 0.5) is 17.6 Å². The predicted molar refractivity (Wildman–Crippen MR) is 53.5 cm³/mol. The first kappa shape index (κ1) is 13.0. The van der Waals surface area contributed by atoms with Crippen LogP contribution in [0, 0.1) is 5.82 Å². The van der Waals surface area contributed by atoms with Crippen molar-refractivity contribution in [3.05, 3.63) is 35.6 Å². The van der Waals surface area contributed by atoms with E-state index in [2.05, 4.69) is 0 Å². The smallest absolute Gasteiger partial charge is 0.330 e. The molecule has 0 bridgehead atoms. The van der Waals surface area contributed by atoms with Crippen LogP contribution in [-0.4, -0.2) is 12.7 Å². The van der Waals surface area contributed by atoms with Gasteiger partial charge >= 0.3 is 6.18 Å². The molecule has 1 aromatic rings. The highest BCUT2D eigenvalue weighted by Crippen LogP contribution is 2.33. The fraction of sp³-hybridized carbons (Fsp3) is 0.455. The zero-order chi connectivity index (χ0) is 12.2. The van der Waals surface area contributed by atoms with Gasteiger partial charge in [0.2, 0.25) is 0 Å². The van der Waals surface area contributed by atoms with Crippen molar-refractivity contribution in [3.63, 3.8) is 0 Å². The van der Waals surface area contributed by atoms with Crippen molar-refractivity contribution in [1.82, 2.24) is 0 Å². The van der Waals surface area contributed by atoms with E-state index in [9.17, 15) is 17.6 Å². The summed E-state index contributed by atoms with van der Waals surface area (Å²) in [4.78, 5) is 0. The number of halogens is 4. The maximum Gasteiger partial charge on any atom is 0.389 e. The van der Waals surface area contributed by atoms with Gasteiger partial charge < -0.3 is 5.73 Å². The molecule has 1 atom stereocenters. The summed E-state index contributed by atoms with van der Waals surface area (Å²) >= 11 is 0. The molecule has 0 spiro atoms. The molecule has 0 radical (unpaired) electrons. The monoisotopic (exact) mass is 235 g/mol. The summed E-state index contributed by atoms with van der Waals surface area (Å²) in [7, 11) is 0. The maximum atomic E-state index is 12.9. The number of nitrogens with two attached hydrogens (primary N) is 1. The number of hydrogen-bond donors (Lipinski definition) is 1. The molecule has 5 heteroatoms. The van der Waals surface area contributed by atoms with Gasteiger partial charge in [-0.15, -0.1) is 0 Å². The molecule has 0 saturated heterocycles. The molecule has 0 heterocycles. The van der Waals surface area contributed by atoms with E-state index in [1.165, 1.54) is 18.2 Å². The molecule has 90 valence electrons. The third-order valence-electron chi connectivity index (χ3n) is 2.31. The molecule has 1 nitrogen and oxygen atoms in total. The lowest BCUT2D eigenvalue weighted by atomic mass is 9.92. The van der Waals surface area contributed by atoms with Gasteiger partial charge in [0.15, 0.2) is 0 Å². The lowest BCUT2D eigenvalue weighted by molar-refractivity contribution is -0.139. The molecule has 0 aliphatic carbocycles. The zero-order valence-electron chi connectivity index (χ0n) is 8.60. The van der Waals surface area contributed by atoms with E-state index in [4.69, 9.17) is 5.73 Å². The number of alkyl halides is 3. The average molecular weight is 235 g/mol. The Morgan fingerprint density at radius 3 is 2.44 bits per heavy atom. The SMILES string of the molecule is NCCC(CC(F)(F)F)c1cccc(F)c1. The topological polar surface area (TPSA) is 26.0 Å². The molecular weight excluding hydrogens is 222 g/mol. The van der Waals surface area contributed by atoms with Gasteiger partial charge in [0.1, 0.15) is 5.82 Å². The van der Waals surface area contributed by atoms with Gasteiger partial charge in [0, 0.05) is 0 Å². The van der Waals surface area contributed by atoms with Crippen molar-refractivity contribution in [2.45, 2.75) is 24.9 Å². The highest BCUT2D eigenvalue weighted by molar-refractivity contribution is 5.21. The third kappa shape index (κ3) is 4.18. The summed E-state index contributed by atoms with van der Waals surface area (Å²) < 4.78 is 49.7. The van der Waals surface area contributed by atoms with E-state index in [1.807, 2.05) is 0 Å². The van der Waals surface area contributed by atoms with Crippen molar-refractivity contribution in [3.8, 4) is 0 Å². The zero-order valence-corrected chi connectivity index (χ0v) is 8.60. The molecular formula is C11H13F4N. The van der Waals surface area contributed by atoms with Crippen molar-refractivity contribution in [2.24, 2.45) is 5.73 Å². The Morgan fingerprint density at radius 2 is 1.94 bits per heavy atom. The Kier molecular flexibility index (Phi) is 4.29. The van der Waals surface area contributed by atoms with Crippen molar-refractivity contribution >= 4 is 0 Å². The summed E-state index contributed by atoms with van der Waals surface area (Å²) in [5, 5.41) is 0. The molecule has 16 heavy (non-hydrogen) atoms. The van der Waals surface area contributed by atoms with Crippen molar-refractivity contribution in [1.29, 1.82) is 0 Å². The minimum Gasteiger partial charge on any atom is -0.330 e. The second kappa shape index (κ2) is 5.30. The molecule has 0 aliphatic heterocycles. The first-order valence-electron chi connectivity index (χ1n) is 4.94. The van der Waals surface area contributed by atoms with Crippen LogP contribution in [0.1, 0.15) is 24.3 Å². The molecule has 1 unspecified atom stereocenters. The van der Waals surface area contributed by atoms with Gasteiger partial charge in [-0.3, -0.25) is 0 Å². The lowest BCUT2D eigenvalue weighted by Crippen LogP contribution is -2.17. The molecule has 1 aromatic carbocycles. The van der Waals surface area contributed by atoms with E-state index >= 15 is 0 Å². The van der Waals surface area contributed by atoms with Crippen LogP contribution < -0.4 is 5.73 Å². The quantitative estimate of drug-likeness (QED) is 0.797. The van der Waals surface area contributed by atoms with Crippen LogP contribution in [0.2, 0.25) is 0 Å². The summed E-state index contributed by atoms with van der Waals surface area (Å²) in [6.07, 6.45) is -5.03. The molecule has 1 rings (SSSR count). The largest absolute Gasteiger partial charge is 0.389 e. The first-order valence-corrected chi connectivity index (χ1v) is 4.94. The Balaban J connectivity index is 2.85. The van der Waals surface area contributed by atoms with Crippen molar-refractivity contribution in [2.75, 3.05) is 6.54 Å². The highest BCUT2D eigenvalue weighted by Gasteiger charge is 2.32. The Hall–Kier alpha value is -1.10. The molecule has 2 N–H and O–H groups in total. The standard InChI is InChI=1S/C11H13F4N/c12-10-3-1-2-8(6-10)9(4-5-16)7-11(13,14)15/h1-3,6,9H,4-5,7,16H2. The first-order chi connectivity index (χ1) is 7.42. The molecule has 0 aliphatic rings. The Bertz CT molecular complexity index is 335. The fourth-order valence-corrected chi connectivity index (χ4v) is 1.63. The highest BCUT2D eigenvalue weighted by atomic mass is 19.4. The van der Waals surface area contributed by atoms with E-state index in [-0.39, 0.29) is 13.0 Å². The second-order valence-corrected chi connectivity index (χ2v) is 3.65. The van der Waals surface area contributed by atoms with Crippen LogP contribution in [0.25, 0.3) is 0 Å². The number of rotatable bonds is 4. The number of hydrogen-bond acceptors (Lipinski definition) is 1. The molecule has 0 saturated carbocycles. The number of benzene rings is 1. The molecule has 0 fully saturated rings. The summed E-state index contributed by atoms with van der Waals surface area (Å²) in [5.41, 5.74) is 5.61. The Morgan fingerprint density at radius 1 is 1.25 bits per heavy atom. The van der Waals surface area contributed by atoms with Gasteiger partial charge in [0.05, 0.1) is 6.42 Å². The van der Waals surface area contributed by atoms with E-state index in [0.29, 0.717) is 5.56 Å². The summed E-state index contributed by atoms with van der Waals surface area (Å²) in [6, 6.07) is 5.24. The van der Waals surface area contributed by atoms with Crippen molar-refractivity contribution < 1.29 is 17.6 Å². The molecule has 0 amide bonds. The van der Waals surface area contributed by atoms with Crippen LogP contribution in [0.5, 0.6) is 0 Å². The van der Waals surface area contributed by atoms with Gasteiger partial charge in [-0.05, 0) is 36.6 Å². The third-order valence-corrected chi connectivity index (χ3v) is 2.31. The molecule has 0 aromatic heterocycles. The van der Waals surface area contributed by atoms with E-state index in [1.54, 1.807) is 0 Å². The summed E-state index contributed by atoms with van der Waals surface area (Å²) in [6.45, 7) is 0.150. The fourth-order valence-electron chi connectivity index (χ4n) is 1.63. The van der Waals surface area contributed by atoms with E-state index < -0.39 is 24.3 Å². The van der Waals surface area contributed by atoms with Gasteiger partial charge in [-0.2, -0.15) is 13.2 Å². The van der Waals surface area contributed by atoms with Gasteiger partial charge in [0.25, 0.3) is 0 Å². The van der Waals surface area contributed by atoms with Gasteiger partial charge in [-0.1, -0.05) is 12.1 Å². The van der Waals surface area contributed by atoms with Crippen LogP contribution in [0.3, 0.4) is 0 Å². The van der Waals surface area contributed by atoms with Gasteiger partial charge in [-0.25, -0.2) is 4.39 Å². The lowest BCUT2D eigenvalue weighted by Gasteiger charge is -2.18. The minimum atomic E-state index is -4.26. The maximum absolute atomic E-state index is 12.9. The van der Waals surface area contributed by atoms with E-state index in [0.717, 1.165) is 6.07 Å². The van der Waals surface area contributed by atoms with Crippen LogP contribution in [-0.2, 0) is 0 Å².